The minimum absolute atomic E-state index is 0.555. The van der Waals surface area contributed by atoms with Gasteiger partial charge < -0.3 is 9.47 Å². The zero-order valence-corrected chi connectivity index (χ0v) is 11.8. The molecule has 0 atom stereocenters. The van der Waals surface area contributed by atoms with E-state index in [1.807, 2.05) is 0 Å². The van der Waals surface area contributed by atoms with E-state index in [-0.39, 0.29) is 0 Å². The highest BCUT2D eigenvalue weighted by molar-refractivity contribution is 4.88. The normalized spacial score (nSPS) is 9.11. The number of unbranched alkanes of at least 4 members (excludes halogenated alkanes) is 5. The van der Waals surface area contributed by atoms with Crippen molar-refractivity contribution in [2.45, 2.75) is 65.7 Å². The summed E-state index contributed by atoms with van der Waals surface area (Å²) in [6.07, 6.45) is 12.1. The Morgan fingerprint density at radius 1 is 0.889 bits per heavy atom. The largest absolute Gasteiger partial charge is 0.389 e. The second kappa shape index (κ2) is 13.7. The molecule has 0 unspecified atom stereocenters. The minimum Gasteiger partial charge on any atom is -0.389 e. The Morgan fingerprint density at radius 3 is 2.00 bits per heavy atom. The standard InChI is InChI=1S/C15H25NO2/c1-4-7-8-9-10-11-12-16-15(17-13-5-2)18-14-6-3/h15-16H,4,7-12H2,1-3H3. The van der Waals surface area contributed by atoms with Crippen molar-refractivity contribution in [1.82, 2.24) is 5.32 Å². The summed E-state index contributed by atoms with van der Waals surface area (Å²) >= 11 is 0. The molecule has 0 aliphatic rings. The Morgan fingerprint density at radius 2 is 1.44 bits per heavy atom. The zero-order chi connectivity index (χ0) is 13.5. The highest BCUT2D eigenvalue weighted by Gasteiger charge is 2.06. The zero-order valence-electron chi connectivity index (χ0n) is 11.8. The molecule has 0 aliphatic carbocycles. The molecule has 0 spiro atoms. The molecule has 0 heterocycles. The van der Waals surface area contributed by atoms with Crippen molar-refractivity contribution >= 4 is 0 Å². The van der Waals surface area contributed by atoms with E-state index in [1.165, 1.54) is 32.1 Å². The fraction of sp³-hybridized carbons (Fsp3) is 0.733. The summed E-state index contributed by atoms with van der Waals surface area (Å²) in [6, 6.07) is 0. The summed E-state index contributed by atoms with van der Waals surface area (Å²) in [5, 5.41) is 3.13. The fourth-order valence-electron chi connectivity index (χ4n) is 1.46. The van der Waals surface area contributed by atoms with Crippen LogP contribution in [0.3, 0.4) is 0 Å². The van der Waals surface area contributed by atoms with Gasteiger partial charge in [0.1, 0.15) is 12.2 Å². The van der Waals surface area contributed by atoms with Crippen molar-refractivity contribution in [3.05, 3.63) is 0 Å². The summed E-state index contributed by atoms with van der Waals surface area (Å²) in [7, 11) is 0. The van der Waals surface area contributed by atoms with Gasteiger partial charge in [-0.3, -0.25) is 0 Å². The molecule has 102 valence electrons. The maximum atomic E-state index is 5.14. The minimum atomic E-state index is -0.555. The van der Waals surface area contributed by atoms with Crippen LogP contribution in [0, 0.1) is 24.1 Å². The molecule has 0 rings (SSSR count). The van der Waals surface area contributed by atoms with Crippen molar-refractivity contribution in [2.75, 3.05) is 6.54 Å². The Labute approximate surface area is 112 Å². The van der Waals surface area contributed by atoms with Crippen LogP contribution in [0.1, 0.15) is 59.3 Å². The molecule has 0 aromatic heterocycles. The monoisotopic (exact) mass is 251 g/mol. The second-order valence-electron chi connectivity index (χ2n) is 3.99. The molecule has 0 bridgehead atoms. The predicted molar refractivity (Wildman–Crippen MR) is 74.2 cm³/mol. The third-order valence-corrected chi connectivity index (χ3v) is 2.38. The lowest BCUT2D eigenvalue weighted by Gasteiger charge is -2.13. The van der Waals surface area contributed by atoms with E-state index in [9.17, 15) is 0 Å². The summed E-state index contributed by atoms with van der Waals surface area (Å²) in [4.78, 5) is 0. The van der Waals surface area contributed by atoms with Crippen LogP contribution in [-0.4, -0.2) is 13.0 Å². The number of ether oxygens (including phenoxy) is 2. The van der Waals surface area contributed by atoms with Crippen molar-refractivity contribution in [3.8, 4) is 24.1 Å². The molecular formula is C15H25NO2. The van der Waals surface area contributed by atoms with Gasteiger partial charge in [-0.2, -0.15) is 0 Å². The fourth-order valence-corrected chi connectivity index (χ4v) is 1.46. The number of hydrogen-bond acceptors (Lipinski definition) is 3. The summed E-state index contributed by atoms with van der Waals surface area (Å²) in [5.74, 6) is 5.32. The lowest BCUT2D eigenvalue weighted by atomic mass is 10.1. The van der Waals surface area contributed by atoms with E-state index in [0.717, 1.165) is 13.0 Å². The van der Waals surface area contributed by atoms with Gasteiger partial charge in [0.25, 0.3) is 0 Å². The molecule has 0 saturated heterocycles. The Kier molecular flexibility index (Phi) is 12.7. The topological polar surface area (TPSA) is 30.5 Å². The van der Waals surface area contributed by atoms with Crippen molar-refractivity contribution in [1.29, 1.82) is 0 Å². The van der Waals surface area contributed by atoms with Gasteiger partial charge in [-0.15, -0.1) is 0 Å². The summed E-state index contributed by atoms with van der Waals surface area (Å²) in [5.41, 5.74) is 0. The molecule has 0 amide bonds. The van der Waals surface area contributed by atoms with Crippen molar-refractivity contribution < 1.29 is 9.47 Å². The van der Waals surface area contributed by atoms with Crippen molar-refractivity contribution in [2.24, 2.45) is 0 Å². The first-order valence-corrected chi connectivity index (χ1v) is 6.73. The van der Waals surface area contributed by atoms with Gasteiger partial charge in [0.05, 0.1) is 0 Å². The van der Waals surface area contributed by atoms with E-state index in [2.05, 4.69) is 36.3 Å². The van der Waals surface area contributed by atoms with Crippen LogP contribution in [0.25, 0.3) is 0 Å². The molecule has 0 saturated carbocycles. The molecule has 1 N–H and O–H groups in total. The average molecular weight is 251 g/mol. The summed E-state index contributed by atoms with van der Waals surface area (Å²) < 4.78 is 10.3. The molecule has 0 aliphatic heterocycles. The van der Waals surface area contributed by atoms with Gasteiger partial charge in [-0.05, 0) is 6.42 Å². The Balaban J connectivity index is 3.60. The van der Waals surface area contributed by atoms with Gasteiger partial charge in [0.15, 0.2) is 0 Å². The quantitative estimate of drug-likeness (QED) is 0.367. The highest BCUT2D eigenvalue weighted by atomic mass is 16.7. The first kappa shape index (κ1) is 16.7. The van der Waals surface area contributed by atoms with Crippen LogP contribution >= 0.6 is 0 Å². The highest BCUT2D eigenvalue weighted by Crippen LogP contribution is 2.04. The number of nitrogens with one attached hydrogen (secondary N) is 1. The first-order valence-electron chi connectivity index (χ1n) is 6.73. The maximum Gasteiger partial charge on any atom is 0.320 e. The molecular weight excluding hydrogens is 226 g/mol. The smallest absolute Gasteiger partial charge is 0.320 e. The van der Waals surface area contributed by atoms with Gasteiger partial charge >= 0.3 is 6.41 Å². The predicted octanol–water partition coefficient (Wildman–Crippen LogP) is 3.21. The van der Waals surface area contributed by atoms with E-state index in [1.54, 1.807) is 13.8 Å². The molecule has 3 nitrogen and oxygen atoms in total. The molecule has 0 aromatic carbocycles. The van der Waals surface area contributed by atoms with E-state index in [0.29, 0.717) is 0 Å². The first-order chi connectivity index (χ1) is 8.85. The van der Waals surface area contributed by atoms with Crippen LogP contribution in [0.5, 0.6) is 0 Å². The van der Waals surface area contributed by atoms with Crippen LogP contribution in [-0.2, 0) is 9.47 Å². The molecule has 0 fully saturated rings. The number of hydrogen-bond donors (Lipinski definition) is 1. The molecule has 0 radical (unpaired) electrons. The maximum absolute atomic E-state index is 5.14. The Bertz CT molecular complexity index is 271. The lowest BCUT2D eigenvalue weighted by molar-refractivity contribution is -0.0642. The molecule has 18 heavy (non-hydrogen) atoms. The number of rotatable bonds is 10. The lowest BCUT2D eigenvalue weighted by Crippen LogP contribution is -2.32. The molecule has 3 heteroatoms. The van der Waals surface area contributed by atoms with Crippen LogP contribution in [0.2, 0.25) is 0 Å². The third kappa shape index (κ3) is 11.2. The van der Waals surface area contributed by atoms with E-state index < -0.39 is 6.41 Å². The van der Waals surface area contributed by atoms with Gasteiger partial charge in [0.2, 0.25) is 0 Å². The van der Waals surface area contributed by atoms with Gasteiger partial charge in [0, 0.05) is 20.4 Å². The Hall–Kier alpha value is -1.32. The van der Waals surface area contributed by atoms with Gasteiger partial charge in [-0.25, -0.2) is 5.32 Å². The van der Waals surface area contributed by atoms with E-state index in [4.69, 9.17) is 9.47 Å². The molecule has 0 aromatic rings. The average Bonchev–Trinajstić information content (AvgIpc) is 2.40. The van der Waals surface area contributed by atoms with Crippen molar-refractivity contribution in [3.63, 3.8) is 0 Å². The second-order valence-corrected chi connectivity index (χ2v) is 3.99. The van der Waals surface area contributed by atoms with Crippen LogP contribution in [0.15, 0.2) is 0 Å². The van der Waals surface area contributed by atoms with Crippen LogP contribution in [0.4, 0.5) is 0 Å². The van der Waals surface area contributed by atoms with E-state index >= 15 is 0 Å². The van der Waals surface area contributed by atoms with Crippen LogP contribution < -0.4 is 5.32 Å². The SMILES string of the molecule is CC#COC(NCCCCCCCC)OC#CC. The van der Waals surface area contributed by atoms with Gasteiger partial charge in [-0.1, -0.05) is 50.9 Å². The third-order valence-electron chi connectivity index (χ3n) is 2.38. The summed E-state index contributed by atoms with van der Waals surface area (Å²) in [6.45, 7) is 6.52.